The second-order valence-corrected chi connectivity index (χ2v) is 15.9. The van der Waals surface area contributed by atoms with E-state index in [1.165, 1.54) is 49.8 Å². The van der Waals surface area contributed by atoms with Gasteiger partial charge in [0.05, 0.1) is 17.1 Å². The zero-order valence-electron chi connectivity index (χ0n) is 33.6. The number of nitrogens with zero attached hydrogens (tertiary/aromatic N) is 6. The number of benzene rings is 7. The minimum Gasteiger partial charge on any atom is -0.333 e. The Hall–Kier alpha value is -8.22. The Bertz CT molecular complexity index is 3300. The van der Waals surface area contributed by atoms with Crippen molar-refractivity contribution in [2.24, 2.45) is 0 Å². The van der Waals surface area contributed by atoms with Crippen molar-refractivity contribution in [1.82, 2.24) is 24.5 Å². The van der Waals surface area contributed by atoms with Gasteiger partial charge in [-0.2, -0.15) is 0 Å². The van der Waals surface area contributed by atoms with Crippen LogP contribution >= 0.6 is 0 Å². The smallest absolute Gasteiger partial charge is 0.165 e. The highest BCUT2D eigenvalue weighted by atomic mass is 15.2. The van der Waals surface area contributed by atoms with Gasteiger partial charge in [0.2, 0.25) is 0 Å². The third-order valence-corrected chi connectivity index (χ3v) is 12.3. The van der Waals surface area contributed by atoms with Crippen LogP contribution in [0.4, 0.5) is 11.4 Å². The van der Waals surface area contributed by atoms with Crippen molar-refractivity contribution in [3.05, 3.63) is 230 Å². The summed E-state index contributed by atoms with van der Waals surface area (Å²) in [7, 11) is 0. The first-order valence-electron chi connectivity index (χ1n) is 21.0. The van der Waals surface area contributed by atoms with Gasteiger partial charge in [0.15, 0.2) is 17.5 Å². The number of hydrogen-bond donors (Lipinski definition) is 0. The molecule has 0 radical (unpaired) electrons. The molecule has 0 amide bonds. The predicted molar refractivity (Wildman–Crippen MR) is 252 cm³/mol. The highest BCUT2D eigenvalue weighted by Gasteiger charge is 2.41. The number of para-hydroxylation sites is 3. The normalized spacial score (nSPS) is 15.4. The number of rotatable bonds is 7. The molecular formula is C56H38N6. The summed E-state index contributed by atoms with van der Waals surface area (Å²) in [5.41, 5.74) is 14.6. The van der Waals surface area contributed by atoms with E-state index in [1.54, 1.807) is 0 Å². The van der Waals surface area contributed by atoms with E-state index in [1.807, 2.05) is 73.1 Å². The van der Waals surface area contributed by atoms with E-state index in [4.69, 9.17) is 19.9 Å². The van der Waals surface area contributed by atoms with Gasteiger partial charge in [-0.05, 0) is 82.4 Å². The SMILES string of the molecule is C1=CC2C(C(c3cncc(-c4nc(-c5ccccc5)nc(-c5ccccc5)n4)c3)=C1)c1ccccc1N2c1ccc(-c2ccc3c(c2)c2ccccc2n3-c2ccccc2)cc1. The average molecular weight is 795 g/mol. The molecule has 6 heteroatoms. The quantitative estimate of drug-likeness (QED) is 0.161. The van der Waals surface area contributed by atoms with E-state index in [2.05, 4.69) is 155 Å². The van der Waals surface area contributed by atoms with Crippen molar-refractivity contribution in [3.8, 4) is 51.0 Å². The molecule has 3 aromatic heterocycles. The number of fused-ring (bicyclic) bond motifs is 6. The second kappa shape index (κ2) is 14.8. The minimum atomic E-state index is 0.0777. The van der Waals surface area contributed by atoms with Crippen LogP contribution in [0.15, 0.2) is 219 Å². The van der Waals surface area contributed by atoms with Crippen LogP contribution in [0.2, 0.25) is 0 Å². The van der Waals surface area contributed by atoms with Crippen LogP contribution in [0.3, 0.4) is 0 Å². The highest BCUT2D eigenvalue weighted by molar-refractivity contribution is 6.10. The molecular weight excluding hydrogens is 757 g/mol. The molecule has 1 aliphatic carbocycles. The van der Waals surface area contributed by atoms with Crippen LogP contribution in [0, 0.1) is 0 Å². The van der Waals surface area contributed by atoms with Crippen LogP contribution in [0.5, 0.6) is 0 Å². The van der Waals surface area contributed by atoms with Gasteiger partial charge in [-0.25, -0.2) is 15.0 Å². The number of anilines is 2. The molecule has 0 saturated heterocycles. The van der Waals surface area contributed by atoms with Gasteiger partial charge in [-0.1, -0.05) is 152 Å². The monoisotopic (exact) mass is 794 g/mol. The Morgan fingerprint density at radius 2 is 1.02 bits per heavy atom. The Labute approximate surface area is 359 Å². The zero-order chi connectivity index (χ0) is 41.0. The lowest BCUT2D eigenvalue weighted by molar-refractivity contribution is 0.758. The second-order valence-electron chi connectivity index (χ2n) is 15.9. The van der Waals surface area contributed by atoms with Gasteiger partial charge in [0.25, 0.3) is 0 Å². The molecule has 0 N–H and O–H groups in total. The summed E-state index contributed by atoms with van der Waals surface area (Å²) >= 11 is 0. The molecule has 0 saturated carbocycles. The third-order valence-electron chi connectivity index (χ3n) is 12.3. The minimum absolute atomic E-state index is 0.0777. The molecule has 0 bridgehead atoms. The largest absolute Gasteiger partial charge is 0.333 e. The lowest BCUT2D eigenvalue weighted by atomic mass is 9.81. The van der Waals surface area contributed by atoms with Crippen molar-refractivity contribution in [2.75, 3.05) is 4.90 Å². The molecule has 62 heavy (non-hydrogen) atoms. The van der Waals surface area contributed by atoms with Crippen molar-refractivity contribution >= 4 is 38.8 Å². The number of pyridine rings is 1. The summed E-state index contributed by atoms with van der Waals surface area (Å²) in [6, 6.07) is 66.5. The zero-order valence-corrected chi connectivity index (χ0v) is 33.6. The molecule has 292 valence electrons. The first kappa shape index (κ1) is 35.7. The maximum atomic E-state index is 5.01. The van der Waals surface area contributed by atoms with Gasteiger partial charge in [0.1, 0.15) is 0 Å². The van der Waals surface area contributed by atoms with E-state index in [9.17, 15) is 0 Å². The summed E-state index contributed by atoms with van der Waals surface area (Å²) in [5, 5.41) is 2.50. The average Bonchev–Trinajstić information content (AvgIpc) is 3.87. The lowest BCUT2D eigenvalue weighted by Gasteiger charge is -2.31. The molecule has 4 heterocycles. The van der Waals surface area contributed by atoms with E-state index in [0.717, 1.165) is 33.6 Å². The van der Waals surface area contributed by atoms with Crippen LogP contribution < -0.4 is 4.90 Å². The lowest BCUT2D eigenvalue weighted by Crippen LogP contribution is -2.30. The van der Waals surface area contributed by atoms with E-state index >= 15 is 0 Å². The summed E-state index contributed by atoms with van der Waals surface area (Å²) < 4.78 is 2.36. The number of allylic oxidation sites excluding steroid dienone is 2. The van der Waals surface area contributed by atoms with Gasteiger partial charge in [0, 0.05) is 62.8 Å². The van der Waals surface area contributed by atoms with Crippen molar-refractivity contribution in [3.63, 3.8) is 0 Å². The summed E-state index contributed by atoms with van der Waals surface area (Å²) in [6.45, 7) is 0. The van der Waals surface area contributed by atoms with Crippen LogP contribution in [-0.4, -0.2) is 30.5 Å². The summed E-state index contributed by atoms with van der Waals surface area (Å²) in [4.78, 5) is 22.2. The molecule has 2 aliphatic rings. The molecule has 1 aliphatic heterocycles. The van der Waals surface area contributed by atoms with E-state index in [-0.39, 0.29) is 12.0 Å². The summed E-state index contributed by atoms with van der Waals surface area (Å²) in [5.74, 6) is 1.94. The Kier molecular flexibility index (Phi) is 8.52. The van der Waals surface area contributed by atoms with Crippen molar-refractivity contribution in [2.45, 2.75) is 12.0 Å². The highest BCUT2D eigenvalue weighted by Crippen LogP contribution is 2.52. The van der Waals surface area contributed by atoms with Crippen LogP contribution in [-0.2, 0) is 0 Å². The van der Waals surface area contributed by atoms with Gasteiger partial charge in [-0.3, -0.25) is 4.98 Å². The molecule has 12 rings (SSSR count). The van der Waals surface area contributed by atoms with Crippen molar-refractivity contribution < 1.29 is 0 Å². The maximum absolute atomic E-state index is 5.01. The Morgan fingerprint density at radius 1 is 0.419 bits per heavy atom. The van der Waals surface area contributed by atoms with Gasteiger partial charge < -0.3 is 9.47 Å². The summed E-state index contributed by atoms with van der Waals surface area (Å²) in [6.07, 6.45) is 10.6. The van der Waals surface area contributed by atoms with Gasteiger partial charge in [-0.15, -0.1) is 0 Å². The first-order valence-corrected chi connectivity index (χ1v) is 21.0. The standard InChI is InChI=1S/C56H38N6/c1-4-15-38(16-5-1)54-58-55(39-17-6-2-7-18-39)60-56(59-54)42-33-41(35-57-36-42)45-23-14-26-52-53(45)47-22-11-13-25-50(47)62(52)44-30-27-37(28-31-44)40-29-32-51-48(34-40)46-21-10-12-24-49(46)61(51)43-19-8-3-9-20-43/h1-36,52-53H. The molecule has 2 unspecified atom stereocenters. The van der Waals surface area contributed by atoms with Gasteiger partial charge >= 0.3 is 0 Å². The third kappa shape index (κ3) is 6.03. The van der Waals surface area contributed by atoms with Crippen LogP contribution in [0.25, 0.3) is 78.4 Å². The first-order chi connectivity index (χ1) is 30.7. The molecule has 10 aromatic rings. The molecule has 0 spiro atoms. The number of aromatic nitrogens is 5. The topological polar surface area (TPSA) is 59.7 Å². The van der Waals surface area contributed by atoms with Crippen LogP contribution in [0.1, 0.15) is 17.0 Å². The molecule has 2 atom stereocenters. The van der Waals surface area contributed by atoms with Crippen molar-refractivity contribution in [1.29, 1.82) is 0 Å². The maximum Gasteiger partial charge on any atom is 0.165 e. The number of hydrogen-bond acceptors (Lipinski definition) is 5. The Balaban J connectivity index is 0.886. The predicted octanol–water partition coefficient (Wildman–Crippen LogP) is 13.3. The van der Waals surface area contributed by atoms with E-state index < -0.39 is 0 Å². The fraction of sp³-hybridized carbons (Fsp3) is 0.0357. The fourth-order valence-electron chi connectivity index (χ4n) is 9.46. The molecule has 7 aromatic carbocycles. The molecule has 0 fully saturated rings. The van der Waals surface area contributed by atoms with E-state index in [0.29, 0.717) is 17.5 Å². The fourth-order valence-corrected chi connectivity index (χ4v) is 9.46. The molecule has 6 nitrogen and oxygen atoms in total. The Morgan fingerprint density at radius 3 is 1.76 bits per heavy atom.